The number of ketones is 1. The Balaban J connectivity index is 1.78. The van der Waals surface area contributed by atoms with Crippen LogP contribution in [0.2, 0.25) is 0 Å². The lowest BCUT2D eigenvalue weighted by Crippen LogP contribution is -2.57. The monoisotopic (exact) mass is 395 g/mol. The molecule has 1 fully saturated rings. The number of para-hydroxylation sites is 1. The average Bonchev–Trinajstić information content (AvgIpc) is 2.71. The van der Waals surface area contributed by atoms with Crippen LogP contribution in [0.25, 0.3) is 0 Å². The third kappa shape index (κ3) is 4.78. The van der Waals surface area contributed by atoms with Crippen LogP contribution in [0.3, 0.4) is 0 Å². The highest BCUT2D eigenvalue weighted by atomic mass is 16.6. The normalized spacial score (nSPS) is 21.7. The van der Waals surface area contributed by atoms with E-state index in [1.54, 1.807) is 12.1 Å². The second-order valence-corrected chi connectivity index (χ2v) is 7.69. The van der Waals surface area contributed by atoms with Crippen LogP contribution >= 0.6 is 0 Å². The van der Waals surface area contributed by atoms with Crippen molar-refractivity contribution in [1.29, 1.82) is 0 Å². The first kappa shape index (κ1) is 20.9. The van der Waals surface area contributed by atoms with Crippen LogP contribution in [0.4, 0.5) is 5.69 Å². The molecular formula is C24H29NO4. The Morgan fingerprint density at radius 3 is 2.31 bits per heavy atom. The Hall–Kier alpha value is -2.82. The van der Waals surface area contributed by atoms with Crippen molar-refractivity contribution >= 4 is 17.4 Å². The van der Waals surface area contributed by atoms with Crippen LogP contribution in [-0.2, 0) is 20.7 Å². The molecule has 0 radical (unpaired) electrons. The summed E-state index contributed by atoms with van der Waals surface area (Å²) in [5, 5.41) is 9.46. The van der Waals surface area contributed by atoms with Gasteiger partial charge >= 0.3 is 5.97 Å². The van der Waals surface area contributed by atoms with Crippen molar-refractivity contribution in [3.63, 3.8) is 0 Å². The predicted octanol–water partition coefficient (Wildman–Crippen LogP) is 4.27. The summed E-state index contributed by atoms with van der Waals surface area (Å²) in [7, 11) is 0. The van der Waals surface area contributed by atoms with Gasteiger partial charge in [0.1, 0.15) is 11.4 Å². The van der Waals surface area contributed by atoms with Gasteiger partial charge in [-0.3, -0.25) is 4.79 Å². The highest BCUT2D eigenvalue weighted by Crippen LogP contribution is 2.35. The third-order valence-electron chi connectivity index (χ3n) is 5.59. The Bertz CT molecular complexity index is 814. The number of rotatable bonds is 8. The van der Waals surface area contributed by atoms with Crippen molar-refractivity contribution in [2.24, 2.45) is 0 Å². The molecule has 1 aliphatic heterocycles. The number of anilines is 1. The van der Waals surface area contributed by atoms with Crippen molar-refractivity contribution in [2.45, 2.75) is 57.6 Å². The molecule has 2 aromatic rings. The number of aryl methyl sites for hydroxylation is 1. The number of carbonyl (C=O) groups excluding carboxylic acids is 2. The second kappa shape index (κ2) is 9.12. The molecule has 29 heavy (non-hydrogen) atoms. The third-order valence-corrected chi connectivity index (χ3v) is 5.59. The lowest BCUT2D eigenvalue weighted by atomic mass is 9.82. The topological polar surface area (TPSA) is 66.8 Å². The van der Waals surface area contributed by atoms with Crippen LogP contribution in [0, 0.1) is 0 Å². The molecule has 2 atom stereocenters. The van der Waals surface area contributed by atoms with Crippen LogP contribution < -0.4 is 4.90 Å². The summed E-state index contributed by atoms with van der Waals surface area (Å²) in [6.45, 7) is 4.52. The second-order valence-electron chi connectivity index (χ2n) is 7.69. The van der Waals surface area contributed by atoms with E-state index < -0.39 is 17.6 Å². The first-order valence-corrected chi connectivity index (χ1v) is 10.3. The SMILES string of the molecule is CCCC1(CCc2ccc(O)cc2)CC(=O)C(N(CC)c2ccccc2)C(=O)O1. The quantitative estimate of drug-likeness (QED) is 0.534. The number of cyclic esters (lactones) is 1. The van der Waals surface area contributed by atoms with E-state index in [1.165, 1.54) is 0 Å². The lowest BCUT2D eigenvalue weighted by molar-refractivity contribution is -0.174. The summed E-state index contributed by atoms with van der Waals surface area (Å²) in [4.78, 5) is 28.0. The smallest absolute Gasteiger partial charge is 0.337 e. The number of esters is 1. The first-order valence-electron chi connectivity index (χ1n) is 10.3. The molecule has 2 aromatic carbocycles. The number of benzene rings is 2. The summed E-state index contributed by atoms with van der Waals surface area (Å²) in [5.74, 6) is -0.308. The number of phenols is 1. The van der Waals surface area contributed by atoms with Crippen molar-refractivity contribution in [2.75, 3.05) is 11.4 Å². The minimum atomic E-state index is -0.888. The van der Waals surface area contributed by atoms with Gasteiger partial charge in [0.2, 0.25) is 0 Å². The number of hydrogen-bond donors (Lipinski definition) is 1. The zero-order valence-electron chi connectivity index (χ0n) is 17.1. The number of aromatic hydroxyl groups is 1. The molecular weight excluding hydrogens is 366 g/mol. The van der Waals surface area contributed by atoms with Gasteiger partial charge in [0.15, 0.2) is 11.8 Å². The van der Waals surface area contributed by atoms with E-state index in [0.717, 1.165) is 17.7 Å². The minimum absolute atomic E-state index is 0.0777. The summed E-state index contributed by atoms with van der Waals surface area (Å²) in [6, 6.07) is 15.6. The molecule has 0 aromatic heterocycles. The Labute approximate surface area is 172 Å². The highest BCUT2D eigenvalue weighted by Gasteiger charge is 2.48. The molecule has 154 valence electrons. The number of ether oxygens (including phenoxy) is 1. The van der Waals surface area contributed by atoms with E-state index in [4.69, 9.17) is 4.74 Å². The van der Waals surface area contributed by atoms with E-state index >= 15 is 0 Å². The van der Waals surface area contributed by atoms with Gasteiger partial charge in [-0.05, 0) is 56.0 Å². The van der Waals surface area contributed by atoms with Crippen molar-refractivity contribution < 1.29 is 19.4 Å². The van der Waals surface area contributed by atoms with Gasteiger partial charge < -0.3 is 14.7 Å². The Kier molecular flexibility index (Phi) is 6.57. The zero-order valence-corrected chi connectivity index (χ0v) is 17.1. The van der Waals surface area contributed by atoms with Gasteiger partial charge in [-0.15, -0.1) is 0 Å². The predicted molar refractivity (Wildman–Crippen MR) is 113 cm³/mol. The first-order chi connectivity index (χ1) is 14.0. The Morgan fingerprint density at radius 2 is 1.72 bits per heavy atom. The van der Waals surface area contributed by atoms with Gasteiger partial charge in [-0.1, -0.05) is 43.7 Å². The molecule has 1 saturated heterocycles. The molecule has 3 rings (SSSR count). The summed E-state index contributed by atoms with van der Waals surface area (Å²) < 4.78 is 6.00. The van der Waals surface area contributed by atoms with E-state index in [2.05, 4.69) is 0 Å². The molecule has 5 nitrogen and oxygen atoms in total. The van der Waals surface area contributed by atoms with Crippen LogP contribution in [0.1, 0.15) is 45.1 Å². The maximum absolute atomic E-state index is 13.1. The van der Waals surface area contributed by atoms with Gasteiger partial charge in [0, 0.05) is 18.7 Å². The number of carbonyl (C=O) groups is 2. The molecule has 0 spiro atoms. The highest BCUT2D eigenvalue weighted by molar-refractivity contribution is 6.08. The van der Waals surface area contributed by atoms with Crippen LogP contribution in [0.15, 0.2) is 54.6 Å². The number of nitrogens with zero attached hydrogens (tertiary/aromatic N) is 1. The van der Waals surface area contributed by atoms with E-state index in [0.29, 0.717) is 25.8 Å². The molecule has 0 saturated carbocycles. The Morgan fingerprint density at radius 1 is 1.03 bits per heavy atom. The van der Waals surface area contributed by atoms with Crippen LogP contribution in [-0.4, -0.2) is 35.0 Å². The largest absolute Gasteiger partial charge is 0.508 e. The average molecular weight is 395 g/mol. The van der Waals surface area contributed by atoms with Gasteiger partial charge in [0.05, 0.1) is 0 Å². The maximum Gasteiger partial charge on any atom is 0.337 e. The van der Waals surface area contributed by atoms with Gasteiger partial charge in [0.25, 0.3) is 0 Å². The van der Waals surface area contributed by atoms with E-state index in [-0.39, 0.29) is 18.0 Å². The van der Waals surface area contributed by atoms with Crippen molar-refractivity contribution in [3.8, 4) is 5.75 Å². The molecule has 2 unspecified atom stereocenters. The molecule has 0 aliphatic carbocycles. The molecule has 1 heterocycles. The van der Waals surface area contributed by atoms with Gasteiger partial charge in [-0.25, -0.2) is 4.79 Å². The summed E-state index contributed by atoms with van der Waals surface area (Å²) in [6.07, 6.45) is 3.00. The minimum Gasteiger partial charge on any atom is -0.508 e. The number of phenolic OH excluding ortho intramolecular Hbond substituents is 1. The summed E-state index contributed by atoms with van der Waals surface area (Å²) in [5.41, 5.74) is 1.13. The molecule has 1 aliphatic rings. The van der Waals surface area contributed by atoms with E-state index in [1.807, 2.05) is 61.2 Å². The van der Waals surface area contributed by atoms with Crippen molar-refractivity contribution in [1.82, 2.24) is 0 Å². The van der Waals surface area contributed by atoms with Gasteiger partial charge in [-0.2, -0.15) is 0 Å². The fourth-order valence-electron chi connectivity index (χ4n) is 4.18. The number of likely N-dealkylation sites (N-methyl/N-ethyl adjacent to an activating group) is 1. The zero-order chi connectivity index (χ0) is 20.9. The maximum atomic E-state index is 13.1. The fourth-order valence-corrected chi connectivity index (χ4v) is 4.18. The lowest BCUT2D eigenvalue weighted by Gasteiger charge is -2.42. The molecule has 1 N–H and O–H groups in total. The summed E-state index contributed by atoms with van der Waals surface area (Å²) >= 11 is 0. The molecule has 0 amide bonds. The molecule has 0 bridgehead atoms. The fraction of sp³-hybridized carbons (Fsp3) is 0.417. The number of Topliss-reactive ketones (excluding diaryl/α,β-unsaturated/α-hetero) is 1. The number of hydrogen-bond acceptors (Lipinski definition) is 5. The molecule has 5 heteroatoms. The van der Waals surface area contributed by atoms with Crippen LogP contribution in [0.5, 0.6) is 5.75 Å². The van der Waals surface area contributed by atoms with Crippen molar-refractivity contribution in [3.05, 3.63) is 60.2 Å². The van der Waals surface area contributed by atoms with E-state index in [9.17, 15) is 14.7 Å². The standard InChI is InChI=1S/C24H29NO4/c1-3-15-24(16-14-18-10-12-20(26)13-11-18)17-21(27)22(23(28)29-24)25(4-2)19-8-6-5-7-9-19/h5-13,22,26H,3-4,14-17H2,1-2H3.